The highest BCUT2D eigenvalue weighted by Gasteiger charge is 2.20. The van der Waals surface area contributed by atoms with Gasteiger partial charge in [0.05, 0.1) is 24.2 Å². The maximum atomic E-state index is 11.7. The van der Waals surface area contributed by atoms with E-state index in [1.54, 1.807) is 6.92 Å². The Bertz CT molecular complexity index is 492. The van der Waals surface area contributed by atoms with Crippen LogP contribution in [0.2, 0.25) is 0 Å². The van der Waals surface area contributed by atoms with Gasteiger partial charge in [0.15, 0.2) is 0 Å². The molecule has 1 unspecified atom stereocenters. The standard InChI is InChI=1S/C12H17N3O5/c1-3-20-8-4-5-10(11(6-8)15(17)18)14-12(16)9(13)7-19-2/h4-6,9H,3,7,13H2,1-2H3,(H,14,16). The van der Waals surface area contributed by atoms with Gasteiger partial charge in [-0.15, -0.1) is 0 Å². The quantitative estimate of drug-likeness (QED) is 0.567. The largest absolute Gasteiger partial charge is 0.494 e. The lowest BCUT2D eigenvalue weighted by atomic mass is 10.2. The van der Waals surface area contributed by atoms with Crippen LogP contribution in [0.1, 0.15) is 6.92 Å². The fraction of sp³-hybridized carbons (Fsp3) is 0.417. The Morgan fingerprint density at radius 3 is 2.80 bits per heavy atom. The van der Waals surface area contributed by atoms with Crippen molar-refractivity contribution in [2.45, 2.75) is 13.0 Å². The van der Waals surface area contributed by atoms with Crippen molar-refractivity contribution in [1.82, 2.24) is 0 Å². The van der Waals surface area contributed by atoms with E-state index in [-0.39, 0.29) is 18.0 Å². The molecule has 0 aromatic heterocycles. The van der Waals surface area contributed by atoms with Gasteiger partial charge in [0.1, 0.15) is 17.5 Å². The van der Waals surface area contributed by atoms with Crippen molar-refractivity contribution in [3.8, 4) is 5.75 Å². The second-order valence-electron chi connectivity index (χ2n) is 3.92. The van der Waals surface area contributed by atoms with Crippen LogP contribution in [-0.2, 0) is 9.53 Å². The predicted octanol–water partition coefficient (Wildman–Crippen LogP) is 0.906. The minimum Gasteiger partial charge on any atom is -0.494 e. The topological polar surface area (TPSA) is 117 Å². The van der Waals surface area contributed by atoms with E-state index < -0.39 is 16.9 Å². The van der Waals surface area contributed by atoms with E-state index in [4.69, 9.17) is 15.2 Å². The second-order valence-corrected chi connectivity index (χ2v) is 3.92. The number of benzene rings is 1. The highest BCUT2D eigenvalue weighted by Crippen LogP contribution is 2.29. The third kappa shape index (κ3) is 4.18. The highest BCUT2D eigenvalue weighted by molar-refractivity contribution is 5.96. The Morgan fingerprint density at radius 2 is 2.25 bits per heavy atom. The maximum Gasteiger partial charge on any atom is 0.296 e. The average Bonchev–Trinajstić information content (AvgIpc) is 2.40. The lowest BCUT2D eigenvalue weighted by Crippen LogP contribution is -2.39. The van der Waals surface area contributed by atoms with Gasteiger partial charge in [-0.25, -0.2) is 0 Å². The molecule has 0 saturated heterocycles. The van der Waals surface area contributed by atoms with Crippen LogP contribution in [0.4, 0.5) is 11.4 Å². The van der Waals surface area contributed by atoms with Crippen LogP contribution in [0, 0.1) is 10.1 Å². The van der Waals surface area contributed by atoms with E-state index in [1.165, 1.54) is 25.3 Å². The van der Waals surface area contributed by atoms with Crippen LogP contribution in [0.15, 0.2) is 18.2 Å². The van der Waals surface area contributed by atoms with Crippen molar-refractivity contribution in [2.24, 2.45) is 5.73 Å². The van der Waals surface area contributed by atoms with Gasteiger partial charge in [-0.3, -0.25) is 14.9 Å². The molecular weight excluding hydrogens is 266 g/mol. The SMILES string of the molecule is CCOc1ccc(NC(=O)C(N)COC)c([N+](=O)[O-])c1. The molecule has 20 heavy (non-hydrogen) atoms. The van der Waals surface area contributed by atoms with Gasteiger partial charge in [-0.2, -0.15) is 0 Å². The first kappa shape index (κ1) is 15.9. The second kappa shape index (κ2) is 7.41. The molecule has 110 valence electrons. The predicted molar refractivity (Wildman–Crippen MR) is 72.7 cm³/mol. The van der Waals surface area contributed by atoms with E-state index in [1.807, 2.05) is 0 Å². The maximum absolute atomic E-state index is 11.7. The summed E-state index contributed by atoms with van der Waals surface area (Å²) in [7, 11) is 1.41. The van der Waals surface area contributed by atoms with Gasteiger partial charge >= 0.3 is 0 Å². The van der Waals surface area contributed by atoms with Crippen LogP contribution in [0.25, 0.3) is 0 Å². The zero-order valence-electron chi connectivity index (χ0n) is 11.3. The molecular formula is C12H17N3O5. The highest BCUT2D eigenvalue weighted by atomic mass is 16.6. The monoisotopic (exact) mass is 283 g/mol. The van der Waals surface area contributed by atoms with Gasteiger partial charge in [-0.1, -0.05) is 0 Å². The lowest BCUT2D eigenvalue weighted by molar-refractivity contribution is -0.384. The number of carbonyl (C=O) groups excluding carboxylic acids is 1. The fourth-order valence-corrected chi connectivity index (χ4v) is 1.51. The Hall–Kier alpha value is -2.19. The molecule has 3 N–H and O–H groups in total. The Morgan fingerprint density at radius 1 is 1.55 bits per heavy atom. The van der Waals surface area contributed by atoms with Crippen LogP contribution in [0.3, 0.4) is 0 Å². The number of hydrogen-bond donors (Lipinski definition) is 2. The molecule has 0 aliphatic carbocycles. The number of nitro groups is 1. The van der Waals surface area contributed by atoms with Crippen LogP contribution < -0.4 is 15.8 Å². The van der Waals surface area contributed by atoms with Crippen molar-refractivity contribution in [3.05, 3.63) is 28.3 Å². The first-order valence-corrected chi connectivity index (χ1v) is 5.96. The summed E-state index contributed by atoms with van der Waals surface area (Å²) in [5.74, 6) is -0.197. The zero-order valence-corrected chi connectivity index (χ0v) is 11.3. The molecule has 1 atom stereocenters. The minimum atomic E-state index is -0.897. The van der Waals surface area contributed by atoms with Crippen molar-refractivity contribution in [3.63, 3.8) is 0 Å². The number of nitrogens with two attached hydrogens (primary N) is 1. The number of methoxy groups -OCH3 is 1. The van der Waals surface area contributed by atoms with Gasteiger partial charge in [0.2, 0.25) is 5.91 Å². The smallest absolute Gasteiger partial charge is 0.296 e. The number of ether oxygens (including phenoxy) is 2. The third-order valence-corrected chi connectivity index (χ3v) is 2.42. The van der Waals surface area contributed by atoms with Gasteiger partial charge in [0.25, 0.3) is 5.69 Å². The molecule has 1 aromatic carbocycles. The van der Waals surface area contributed by atoms with E-state index in [0.29, 0.717) is 12.4 Å². The molecule has 1 rings (SSSR count). The lowest BCUT2D eigenvalue weighted by Gasteiger charge is -2.12. The third-order valence-electron chi connectivity index (χ3n) is 2.42. The van der Waals surface area contributed by atoms with Gasteiger partial charge < -0.3 is 20.5 Å². The number of nitro benzene ring substituents is 1. The minimum absolute atomic E-state index is 0.0245. The zero-order chi connectivity index (χ0) is 15.1. The Balaban J connectivity index is 2.94. The Kier molecular flexibility index (Phi) is 5.88. The van der Waals surface area contributed by atoms with E-state index in [2.05, 4.69) is 5.32 Å². The number of rotatable bonds is 7. The number of nitrogens with zero attached hydrogens (tertiary/aromatic N) is 1. The summed E-state index contributed by atoms with van der Waals surface area (Å²) < 4.78 is 9.93. The van der Waals surface area contributed by atoms with E-state index >= 15 is 0 Å². The summed E-state index contributed by atoms with van der Waals surface area (Å²) in [5.41, 5.74) is 5.36. The molecule has 0 saturated carbocycles. The Labute approximate surface area is 116 Å². The molecule has 0 fully saturated rings. The number of hydrogen-bond acceptors (Lipinski definition) is 6. The molecule has 0 aliphatic rings. The molecule has 1 amide bonds. The molecule has 0 aliphatic heterocycles. The summed E-state index contributed by atoms with van der Waals surface area (Å²) >= 11 is 0. The number of anilines is 1. The first-order valence-electron chi connectivity index (χ1n) is 5.96. The van der Waals surface area contributed by atoms with Gasteiger partial charge in [0, 0.05) is 7.11 Å². The van der Waals surface area contributed by atoms with Crippen LogP contribution in [-0.4, -0.2) is 37.2 Å². The number of nitrogens with one attached hydrogen (secondary N) is 1. The van der Waals surface area contributed by atoms with Crippen molar-refractivity contribution < 1.29 is 19.2 Å². The average molecular weight is 283 g/mol. The fourth-order valence-electron chi connectivity index (χ4n) is 1.51. The summed E-state index contributed by atoms with van der Waals surface area (Å²) in [5, 5.41) is 13.4. The molecule has 0 bridgehead atoms. The molecule has 8 heteroatoms. The van der Waals surface area contributed by atoms with E-state index in [9.17, 15) is 14.9 Å². The molecule has 0 radical (unpaired) electrons. The van der Waals surface area contributed by atoms with Crippen LogP contribution in [0.5, 0.6) is 5.75 Å². The molecule has 8 nitrogen and oxygen atoms in total. The van der Waals surface area contributed by atoms with Crippen molar-refractivity contribution in [2.75, 3.05) is 25.6 Å². The summed E-state index contributed by atoms with van der Waals surface area (Å²) in [6.45, 7) is 2.18. The first-order chi connectivity index (χ1) is 9.49. The summed E-state index contributed by atoms with van der Waals surface area (Å²) in [6, 6.07) is 3.29. The van der Waals surface area contributed by atoms with E-state index in [0.717, 1.165) is 0 Å². The summed E-state index contributed by atoms with van der Waals surface area (Å²) in [6.07, 6.45) is 0. The molecule has 1 aromatic rings. The molecule has 0 spiro atoms. The molecule has 0 heterocycles. The summed E-state index contributed by atoms with van der Waals surface area (Å²) in [4.78, 5) is 22.1. The van der Waals surface area contributed by atoms with Crippen molar-refractivity contribution >= 4 is 17.3 Å². The van der Waals surface area contributed by atoms with Crippen molar-refractivity contribution in [1.29, 1.82) is 0 Å². The normalized spacial score (nSPS) is 11.8. The number of carbonyl (C=O) groups is 1. The van der Waals surface area contributed by atoms with Crippen LogP contribution >= 0.6 is 0 Å². The van der Waals surface area contributed by atoms with Gasteiger partial charge in [-0.05, 0) is 19.1 Å². The number of amides is 1.